The van der Waals surface area contributed by atoms with Gasteiger partial charge in [0.25, 0.3) is 0 Å². The summed E-state index contributed by atoms with van der Waals surface area (Å²) in [6.45, 7) is 6.44. The average Bonchev–Trinajstić information content (AvgIpc) is 2.38. The number of hydrogen-bond acceptors (Lipinski definition) is 1. The number of benzene rings is 1. The zero-order valence-corrected chi connectivity index (χ0v) is 12.6. The van der Waals surface area contributed by atoms with Gasteiger partial charge in [0.15, 0.2) is 0 Å². The van der Waals surface area contributed by atoms with E-state index in [-0.39, 0.29) is 5.91 Å². The second-order valence-electron chi connectivity index (χ2n) is 5.09. The fourth-order valence-electron chi connectivity index (χ4n) is 2.34. The van der Waals surface area contributed by atoms with Gasteiger partial charge in [0, 0.05) is 12.1 Å². The summed E-state index contributed by atoms with van der Waals surface area (Å²) in [6.07, 6.45) is 7.16. The number of amides is 1. The number of carbonyl (C=O) groups is 1. The lowest BCUT2D eigenvalue weighted by atomic mass is 9.96. The molecule has 0 aliphatic carbocycles. The van der Waals surface area contributed by atoms with Crippen LogP contribution in [-0.4, -0.2) is 5.91 Å². The van der Waals surface area contributed by atoms with Crippen LogP contribution in [0.2, 0.25) is 0 Å². The van der Waals surface area contributed by atoms with Crippen molar-refractivity contribution in [2.75, 3.05) is 5.32 Å². The van der Waals surface area contributed by atoms with Crippen molar-refractivity contribution in [2.24, 2.45) is 0 Å². The molecule has 0 aromatic heterocycles. The molecule has 106 valence electrons. The predicted octanol–water partition coefficient (Wildman–Crippen LogP) is 4.72. The zero-order valence-electron chi connectivity index (χ0n) is 12.6. The van der Waals surface area contributed by atoms with Crippen LogP contribution in [0.3, 0.4) is 0 Å². The van der Waals surface area contributed by atoms with Crippen LogP contribution in [0.25, 0.3) is 0 Å². The summed E-state index contributed by atoms with van der Waals surface area (Å²) < 4.78 is 0. The largest absolute Gasteiger partial charge is 0.326 e. The van der Waals surface area contributed by atoms with Crippen molar-refractivity contribution < 1.29 is 4.79 Å². The van der Waals surface area contributed by atoms with Crippen molar-refractivity contribution in [2.45, 2.75) is 65.7 Å². The Morgan fingerprint density at radius 3 is 2.47 bits per heavy atom. The highest BCUT2D eigenvalue weighted by molar-refractivity contribution is 5.91. The highest BCUT2D eigenvalue weighted by Gasteiger charge is 2.10. The Hall–Kier alpha value is -1.31. The highest BCUT2D eigenvalue weighted by Crippen LogP contribution is 2.24. The second kappa shape index (κ2) is 8.73. The van der Waals surface area contributed by atoms with Gasteiger partial charge >= 0.3 is 0 Å². The summed E-state index contributed by atoms with van der Waals surface area (Å²) in [5.74, 6) is 0.133. The van der Waals surface area contributed by atoms with Crippen LogP contribution in [0.4, 0.5) is 5.69 Å². The Morgan fingerprint density at radius 2 is 1.84 bits per heavy atom. The zero-order chi connectivity index (χ0) is 14.1. The highest BCUT2D eigenvalue weighted by atomic mass is 16.1. The third-order valence-corrected chi connectivity index (χ3v) is 3.32. The van der Waals surface area contributed by atoms with E-state index in [0.717, 1.165) is 31.4 Å². The van der Waals surface area contributed by atoms with Gasteiger partial charge in [-0.25, -0.2) is 0 Å². The van der Waals surface area contributed by atoms with Gasteiger partial charge in [-0.05, 0) is 42.9 Å². The van der Waals surface area contributed by atoms with Gasteiger partial charge in [-0.2, -0.15) is 0 Å². The minimum atomic E-state index is 0.133. The van der Waals surface area contributed by atoms with Gasteiger partial charge in [-0.3, -0.25) is 4.79 Å². The molecule has 19 heavy (non-hydrogen) atoms. The molecule has 2 nitrogen and oxygen atoms in total. The van der Waals surface area contributed by atoms with Gasteiger partial charge < -0.3 is 5.32 Å². The molecule has 0 radical (unpaired) electrons. The molecule has 0 aliphatic heterocycles. The summed E-state index contributed by atoms with van der Waals surface area (Å²) in [7, 11) is 0. The molecule has 0 atom stereocenters. The summed E-state index contributed by atoms with van der Waals surface area (Å²) in [5.41, 5.74) is 3.76. The molecule has 0 unspecified atom stereocenters. The monoisotopic (exact) mass is 261 g/mol. The van der Waals surface area contributed by atoms with Crippen molar-refractivity contribution in [1.82, 2.24) is 0 Å². The number of unbranched alkanes of at least 4 members (excludes halogenated alkanes) is 1. The molecule has 2 heteroatoms. The molecule has 0 aliphatic rings. The Balaban J connectivity index is 2.93. The van der Waals surface area contributed by atoms with Gasteiger partial charge in [-0.1, -0.05) is 45.7 Å². The standard InChI is InChI=1S/C17H27NO/c1-4-7-12-15-14(9-5-2)11-8-13-16(15)18-17(19)10-6-3/h8,11,13H,4-7,9-10,12H2,1-3H3,(H,18,19). The molecule has 0 saturated carbocycles. The van der Waals surface area contributed by atoms with E-state index < -0.39 is 0 Å². The third-order valence-electron chi connectivity index (χ3n) is 3.32. The SMILES string of the molecule is CCCCc1c(CCC)cccc1NC(=O)CCC. The summed E-state index contributed by atoms with van der Waals surface area (Å²) >= 11 is 0. The van der Waals surface area contributed by atoms with Gasteiger partial charge in [0.05, 0.1) is 0 Å². The smallest absolute Gasteiger partial charge is 0.224 e. The maximum absolute atomic E-state index is 11.8. The van der Waals surface area contributed by atoms with E-state index in [0.29, 0.717) is 6.42 Å². The van der Waals surface area contributed by atoms with Gasteiger partial charge in [0.1, 0.15) is 0 Å². The van der Waals surface area contributed by atoms with Gasteiger partial charge in [-0.15, -0.1) is 0 Å². The number of hydrogen-bond donors (Lipinski definition) is 1. The molecule has 1 aromatic carbocycles. The molecule has 0 fully saturated rings. The fourth-order valence-corrected chi connectivity index (χ4v) is 2.34. The van der Waals surface area contributed by atoms with E-state index in [4.69, 9.17) is 0 Å². The maximum Gasteiger partial charge on any atom is 0.224 e. The second-order valence-corrected chi connectivity index (χ2v) is 5.09. The topological polar surface area (TPSA) is 29.1 Å². The third kappa shape index (κ3) is 5.06. The molecule has 1 N–H and O–H groups in total. The van der Waals surface area contributed by atoms with E-state index in [1.54, 1.807) is 0 Å². The first-order valence-electron chi connectivity index (χ1n) is 7.63. The number of rotatable bonds is 8. The minimum absolute atomic E-state index is 0.133. The summed E-state index contributed by atoms with van der Waals surface area (Å²) in [4.78, 5) is 11.8. The number of anilines is 1. The van der Waals surface area contributed by atoms with Crippen LogP contribution >= 0.6 is 0 Å². The Kier molecular flexibility index (Phi) is 7.24. The fraction of sp³-hybridized carbons (Fsp3) is 0.588. The van der Waals surface area contributed by atoms with Crippen molar-refractivity contribution in [3.05, 3.63) is 29.3 Å². The number of aryl methyl sites for hydroxylation is 1. The van der Waals surface area contributed by atoms with E-state index in [2.05, 4.69) is 31.3 Å². The van der Waals surface area contributed by atoms with Crippen LogP contribution in [0, 0.1) is 0 Å². The molecule has 0 bridgehead atoms. The van der Waals surface area contributed by atoms with Crippen molar-refractivity contribution >= 4 is 11.6 Å². The molecule has 1 rings (SSSR count). The van der Waals surface area contributed by atoms with E-state index in [9.17, 15) is 4.79 Å². The number of nitrogens with one attached hydrogen (secondary N) is 1. The Morgan fingerprint density at radius 1 is 1.05 bits per heavy atom. The van der Waals surface area contributed by atoms with Crippen LogP contribution in [0.5, 0.6) is 0 Å². The van der Waals surface area contributed by atoms with E-state index in [1.165, 1.54) is 24.0 Å². The first-order valence-corrected chi connectivity index (χ1v) is 7.63. The lowest BCUT2D eigenvalue weighted by molar-refractivity contribution is -0.116. The van der Waals surface area contributed by atoms with E-state index >= 15 is 0 Å². The predicted molar refractivity (Wildman–Crippen MR) is 82.6 cm³/mol. The Labute approximate surface area is 117 Å². The lowest BCUT2D eigenvalue weighted by Gasteiger charge is -2.15. The van der Waals surface area contributed by atoms with Crippen LogP contribution in [0.15, 0.2) is 18.2 Å². The molecular weight excluding hydrogens is 234 g/mol. The van der Waals surface area contributed by atoms with Crippen LogP contribution in [0.1, 0.15) is 64.0 Å². The maximum atomic E-state index is 11.8. The Bertz CT molecular complexity index is 398. The molecule has 0 spiro atoms. The average molecular weight is 261 g/mol. The molecule has 1 amide bonds. The first kappa shape index (κ1) is 15.7. The van der Waals surface area contributed by atoms with E-state index in [1.807, 2.05) is 13.0 Å². The summed E-state index contributed by atoms with van der Waals surface area (Å²) in [5, 5.41) is 3.08. The summed E-state index contributed by atoms with van der Waals surface area (Å²) in [6, 6.07) is 6.30. The van der Waals surface area contributed by atoms with Crippen molar-refractivity contribution in [3.63, 3.8) is 0 Å². The first-order chi connectivity index (χ1) is 9.22. The molecule has 1 aromatic rings. The number of carbonyl (C=O) groups excluding carboxylic acids is 1. The van der Waals surface area contributed by atoms with Crippen LogP contribution < -0.4 is 5.32 Å². The quantitative estimate of drug-likeness (QED) is 0.720. The molecule has 0 saturated heterocycles. The molecule has 0 heterocycles. The van der Waals surface area contributed by atoms with Crippen molar-refractivity contribution in [1.29, 1.82) is 0 Å². The normalized spacial score (nSPS) is 10.5. The van der Waals surface area contributed by atoms with Crippen molar-refractivity contribution in [3.8, 4) is 0 Å². The molecular formula is C17H27NO. The minimum Gasteiger partial charge on any atom is -0.326 e. The van der Waals surface area contributed by atoms with Gasteiger partial charge in [0.2, 0.25) is 5.91 Å². The lowest BCUT2D eigenvalue weighted by Crippen LogP contribution is -2.13. The van der Waals surface area contributed by atoms with Crippen LogP contribution in [-0.2, 0) is 17.6 Å².